The summed E-state index contributed by atoms with van der Waals surface area (Å²) in [6, 6.07) is 13.8. The van der Waals surface area contributed by atoms with Gasteiger partial charge in [-0.25, -0.2) is 9.37 Å². The van der Waals surface area contributed by atoms with Crippen molar-refractivity contribution < 1.29 is 18.7 Å². The fourth-order valence-electron chi connectivity index (χ4n) is 3.76. The van der Waals surface area contributed by atoms with Gasteiger partial charge in [-0.3, -0.25) is 9.59 Å². The maximum atomic E-state index is 13.5. The van der Waals surface area contributed by atoms with Crippen LogP contribution in [0.5, 0.6) is 11.5 Å². The molecule has 0 aliphatic rings. The first-order valence-corrected chi connectivity index (χ1v) is 13.2. The van der Waals surface area contributed by atoms with Crippen LogP contribution in [0.2, 0.25) is 5.02 Å². The first kappa shape index (κ1) is 28.3. The van der Waals surface area contributed by atoms with Crippen molar-refractivity contribution in [3.8, 4) is 11.5 Å². The number of carbonyl (C=O) groups excluding carboxylic acids is 1. The normalized spacial score (nSPS) is 12.1. The van der Waals surface area contributed by atoms with E-state index in [0.29, 0.717) is 33.0 Å². The standard InChI is InChI=1S/C28H25BrClFN4O4/c1-4-16(2)27-34-23-10-5-18(29)12-22(23)28(37)35(27)32-14-17-11-19(30)13-24(38-3)26(17)39-15-25(36)33-21-8-6-20(31)7-9-21/h5-14,16H,4,15H2,1-3H3,(H,33,36)/t16-/m0/s1. The molecule has 1 heterocycles. The van der Waals surface area contributed by atoms with Gasteiger partial charge in [0.15, 0.2) is 18.1 Å². The maximum Gasteiger partial charge on any atom is 0.282 e. The Bertz CT molecular complexity index is 1610. The van der Waals surface area contributed by atoms with Crippen LogP contribution in [-0.2, 0) is 4.79 Å². The van der Waals surface area contributed by atoms with Crippen LogP contribution in [0.3, 0.4) is 0 Å². The van der Waals surface area contributed by atoms with Gasteiger partial charge < -0.3 is 14.8 Å². The molecule has 0 fully saturated rings. The van der Waals surface area contributed by atoms with Gasteiger partial charge in [-0.05, 0) is 55.0 Å². The van der Waals surface area contributed by atoms with Crippen LogP contribution in [0.25, 0.3) is 10.9 Å². The number of halogens is 3. The van der Waals surface area contributed by atoms with Crippen LogP contribution in [-0.4, -0.2) is 35.5 Å². The number of methoxy groups -OCH3 is 1. The molecule has 39 heavy (non-hydrogen) atoms. The fraction of sp³-hybridized carbons (Fsp3) is 0.214. The molecule has 4 aromatic rings. The van der Waals surface area contributed by atoms with Crippen molar-refractivity contribution in [3.63, 3.8) is 0 Å². The number of rotatable bonds is 9. The minimum absolute atomic E-state index is 0.0531. The number of aromatic nitrogens is 2. The second-order valence-corrected chi connectivity index (χ2v) is 10.0. The molecule has 1 atom stereocenters. The Kier molecular flexibility index (Phi) is 8.98. The molecule has 0 aliphatic carbocycles. The predicted molar refractivity (Wildman–Crippen MR) is 154 cm³/mol. The number of anilines is 1. The number of hydrogen-bond donors (Lipinski definition) is 1. The maximum absolute atomic E-state index is 13.5. The number of hydrogen-bond acceptors (Lipinski definition) is 6. The summed E-state index contributed by atoms with van der Waals surface area (Å²) in [6.45, 7) is 3.59. The zero-order valence-corrected chi connectivity index (χ0v) is 23.7. The topological polar surface area (TPSA) is 94.8 Å². The Morgan fingerprint density at radius 3 is 2.67 bits per heavy atom. The average molecular weight is 616 g/mol. The zero-order valence-electron chi connectivity index (χ0n) is 21.4. The Morgan fingerprint density at radius 1 is 1.23 bits per heavy atom. The van der Waals surface area contributed by atoms with E-state index in [-0.39, 0.29) is 29.6 Å². The monoisotopic (exact) mass is 614 g/mol. The zero-order chi connectivity index (χ0) is 28.1. The van der Waals surface area contributed by atoms with E-state index in [4.69, 9.17) is 26.1 Å². The summed E-state index contributed by atoms with van der Waals surface area (Å²) in [5.41, 5.74) is 1.04. The number of nitrogens with one attached hydrogen (secondary N) is 1. The van der Waals surface area contributed by atoms with Crippen molar-refractivity contribution >= 4 is 56.2 Å². The van der Waals surface area contributed by atoms with Crippen LogP contribution < -0.4 is 20.3 Å². The SMILES string of the molecule is CC[C@H](C)c1nc2ccc(Br)cc2c(=O)n1N=Cc1cc(Cl)cc(OC)c1OCC(=O)Nc1ccc(F)cc1. The highest BCUT2D eigenvalue weighted by Crippen LogP contribution is 2.34. The number of nitrogens with zero attached hydrogens (tertiary/aromatic N) is 3. The molecular formula is C28H25BrClFN4O4. The molecule has 0 aliphatic heterocycles. The predicted octanol–water partition coefficient (Wildman–Crippen LogP) is 6.37. The lowest BCUT2D eigenvalue weighted by molar-refractivity contribution is -0.118. The van der Waals surface area contributed by atoms with Gasteiger partial charge in [0.25, 0.3) is 11.5 Å². The second-order valence-electron chi connectivity index (χ2n) is 8.67. The Balaban J connectivity index is 1.70. The first-order valence-electron chi connectivity index (χ1n) is 12.0. The first-order chi connectivity index (χ1) is 18.7. The van der Waals surface area contributed by atoms with Crippen LogP contribution >= 0.6 is 27.5 Å². The highest BCUT2D eigenvalue weighted by molar-refractivity contribution is 9.10. The molecule has 4 rings (SSSR count). The third kappa shape index (κ3) is 6.63. The second kappa shape index (κ2) is 12.4. The molecule has 0 spiro atoms. The molecule has 0 saturated carbocycles. The molecule has 11 heteroatoms. The molecule has 202 valence electrons. The van der Waals surface area contributed by atoms with Crippen molar-refractivity contribution in [2.75, 3.05) is 19.0 Å². The third-order valence-electron chi connectivity index (χ3n) is 5.94. The fourth-order valence-corrected chi connectivity index (χ4v) is 4.34. The molecule has 1 amide bonds. The summed E-state index contributed by atoms with van der Waals surface area (Å²) in [5, 5.41) is 7.86. The van der Waals surface area contributed by atoms with E-state index in [1.165, 1.54) is 48.3 Å². The van der Waals surface area contributed by atoms with Gasteiger partial charge in [0.2, 0.25) is 0 Å². The summed E-state index contributed by atoms with van der Waals surface area (Å²) >= 11 is 9.71. The van der Waals surface area contributed by atoms with Crippen molar-refractivity contribution in [3.05, 3.63) is 91.7 Å². The molecule has 0 bridgehead atoms. The molecular weight excluding hydrogens is 591 g/mol. The Hall–Kier alpha value is -3.76. The van der Waals surface area contributed by atoms with E-state index in [2.05, 4.69) is 26.3 Å². The summed E-state index contributed by atoms with van der Waals surface area (Å²) in [4.78, 5) is 30.7. The molecule has 0 unspecified atom stereocenters. The van der Waals surface area contributed by atoms with Gasteiger partial charge in [-0.15, -0.1) is 0 Å². The lowest BCUT2D eigenvalue weighted by Crippen LogP contribution is -2.24. The van der Waals surface area contributed by atoms with Crippen LogP contribution in [0.15, 0.2) is 69.0 Å². The van der Waals surface area contributed by atoms with E-state index in [9.17, 15) is 14.0 Å². The van der Waals surface area contributed by atoms with Crippen molar-refractivity contribution in [1.82, 2.24) is 9.66 Å². The number of amides is 1. The lowest BCUT2D eigenvalue weighted by atomic mass is 10.1. The van der Waals surface area contributed by atoms with Crippen molar-refractivity contribution in [1.29, 1.82) is 0 Å². The van der Waals surface area contributed by atoms with Gasteiger partial charge >= 0.3 is 0 Å². The lowest BCUT2D eigenvalue weighted by Gasteiger charge is -2.15. The minimum Gasteiger partial charge on any atom is -0.493 e. The summed E-state index contributed by atoms with van der Waals surface area (Å²) < 4.78 is 26.4. The summed E-state index contributed by atoms with van der Waals surface area (Å²) in [5.74, 6) is 0.0412. The van der Waals surface area contributed by atoms with Crippen molar-refractivity contribution in [2.45, 2.75) is 26.2 Å². The largest absolute Gasteiger partial charge is 0.493 e. The van der Waals surface area contributed by atoms with Crippen LogP contribution in [0, 0.1) is 5.82 Å². The highest BCUT2D eigenvalue weighted by atomic mass is 79.9. The van der Waals surface area contributed by atoms with Crippen LogP contribution in [0.1, 0.15) is 37.6 Å². The summed E-state index contributed by atoms with van der Waals surface area (Å²) in [7, 11) is 1.44. The minimum atomic E-state index is -0.471. The van der Waals surface area contributed by atoms with Gasteiger partial charge in [0.05, 0.1) is 24.2 Å². The average Bonchev–Trinajstić information content (AvgIpc) is 2.92. The highest BCUT2D eigenvalue weighted by Gasteiger charge is 2.17. The third-order valence-corrected chi connectivity index (χ3v) is 6.65. The van der Waals surface area contributed by atoms with E-state index in [0.717, 1.165) is 10.9 Å². The molecule has 0 saturated heterocycles. The van der Waals surface area contributed by atoms with Gasteiger partial charge in [-0.1, -0.05) is 41.4 Å². The van der Waals surface area contributed by atoms with Gasteiger partial charge in [0, 0.05) is 32.7 Å². The number of fused-ring (bicyclic) bond motifs is 1. The number of ether oxygens (including phenoxy) is 2. The van der Waals surface area contributed by atoms with Gasteiger partial charge in [-0.2, -0.15) is 9.78 Å². The quantitative estimate of drug-likeness (QED) is 0.221. The van der Waals surface area contributed by atoms with E-state index in [1.54, 1.807) is 18.2 Å². The van der Waals surface area contributed by atoms with E-state index >= 15 is 0 Å². The Morgan fingerprint density at radius 2 is 1.97 bits per heavy atom. The molecule has 8 nitrogen and oxygen atoms in total. The van der Waals surface area contributed by atoms with Crippen LogP contribution in [0.4, 0.5) is 10.1 Å². The van der Waals surface area contributed by atoms with Crippen molar-refractivity contribution in [2.24, 2.45) is 5.10 Å². The Labute approximate surface area is 237 Å². The molecule has 3 aromatic carbocycles. The number of benzene rings is 3. The summed E-state index contributed by atoms with van der Waals surface area (Å²) in [6.07, 6.45) is 2.16. The molecule has 1 N–H and O–H groups in total. The van der Waals surface area contributed by atoms with E-state index < -0.39 is 11.7 Å². The smallest absolute Gasteiger partial charge is 0.282 e. The van der Waals surface area contributed by atoms with E-state index in [1.807, 2.05) is 19.9 Å². The molecule has 0 radical (unpaired) electrons. The molecule has 1 aromatic heterocycles. The number of carbonyl (C=O) groups is 1. The van der Waals surface area contributed by atoms with Gasteiger partial charge in [0.1, 0.15) is 11.6 Å².